The molecule has 198 valence electrons. The Balaban J connectivity index is 0.00000300. The van der Waals surface area contributed by atoms with E-state index >= 15 is 0 Å². The van der Waals surface area contributed by atoms with Gasteiger partial charge in [0.2, 0.25) is 0 Å². The molecular formula is C42H27Zn-. The van der Waals surface area contributed by atoms with Crippen LogP contribution in [-0.2, 0) is 19.5 Å². The van der Waals surface area contributed by atoms with Crippen molar-refractivity contribution in [3.8, 4) is 44.5 Å². The number of fused-ring (bicyclic) bond motifs is 3. The average molecular weight is 597 g/mol. The number of benzene rings is 8. The summed E-state index contributed by atoms with van der Waals surface area (Å²) < 4.78 is 0. The van der Waals surface area contributed by atoms with Gasteiger partial charge in [0.05, 0.1) is 0 Å². The SMILES string of the molecule is [Zn].[c-]1ccc(-c2cccc(-c3c4ccccc4c(-c4ccc(-c5ccc6ccccc6c5)cc4)c4ccccc34)c2)cc1. The van der Waals surface area contributed by atoms with E-state index < -0.39 is 0 Å². The van der Waals surface area contributed by atoms with Crippen LogP contribution in [0.25, 0.3) is 76.8 Å². The minimum Gasteiger partial charge on any atom is -0.184 e. The Bertz CT molecular complexity index is 2170. The molecule has 0 aliphatic heterocycles. The van der Waals surface area contributed by atoms with Gasteiger partial charge in [0.25, 0.3) is 0 Å². The summed E-state index contributed by atoms with van der Waals surface area (Å²) in [4.78, 5) is 0. The van der Waals surface area contributed by atoms with Gasteiger partial charge < -0.3 is 0 Å². The van der Waals surface area contributed by atoms with E-state index in [4.69, 9.17) is 0 Å². The largest absolute Gasteiger partial charge is 0.184 e. The summed E-state index contributed by atoms with van der Waals surface area (Å²) in [6.45, 7) is 0. The van der Waals surface area contributed by atoms with Gasteiger partial charge in [0.15, 0.2) is 0 Å². The molecule has 0 aliphatic carbocycles. The molecule has 8 aromatic rings. The average Bonchev–Trinajstić information content (AvgIpc) is 3.07. The van der Waals surface area contributed by atoms with Crippen LogP contribution in [-0.4, -0.2) is 0 Å². The molecule has 0 radical (unpaired) electrons. The van der Waals surface area contributed by atoms with Crippen molar-refractivity contribution < 1.29 is 19.5 Å². The van der Waals surface area contributed by atoms with Gasteiger partial charge in [-0.15, -0.1) is 5.56 Å². The van der Waals surface area contributed by atoms with E-state index in [1.807, 2.05) is 12.1 Å². The van der Waals surface area contributed by atoms with Gasteiger partial charge in [-0.3, -0.25) is 0 Å². The number of hydrogen-bond donors (Lipinski definition) is 0. The van der Waals surface area contributed by atoms with Crippen molar-refractivity contribution in [2.24, 2.45) is 0 Å². The first-order valence-corrected chi connectivity index (χ1v) is 14.4. The molecule has 0 saturated carbocycles. The first-order valence-electron chi connectivity index (χ1n) is 14.4. The van der Waals surface area contributed by atoms with E-state index in [1.165, 1.54) is 76.8 Å². The van der Waals surface area contributed by atoms with Crippen LogP contribution in [0.5, 0.6) is 0 Å². The fourth-order valence-corrected chi connectivity index (χ4v) is 6.38. The van der Waals surface area contributed by atoms with Gasteiger partial charge in [-0.2, -0.15) is 30.3 Å². The van der Waals surface area contributed by atoms with Crippen molar-refractivity contribution >= 4 is 32.3 Å². The molecule has 8 aromatic carbocycles. The molecule has 0 bridgehead atoms. The second-order valence-electron chi connectivity index (χ2n) is 10.8. The predicted molar refractivity (Wildman–Crippen MR) is 180 cm³/mol. The molecule has 0 atom stereocenters. The second-order valence-corrected chi connectivity index (χ2v) is 10.8. The third kappa shape index (κ3) is 4.87. The second kappa shape index (κ2) is 11.4. The monoisotopic (exact) mass is 595 g/mol. The molecule has 0 spiro atoms. The van der Waals surface area contributed by atoms with E-state index in [2.05, 4.69) is 158 Å². The predicted octanol–water partition coefficient (Wildman–Crippen LogP) is 11.6. The molecule has 0 N–H and O–H groups in total. The Kier molecular flexibility index (Phi) is 7.19. The van der Waals surface area contributed by atoms with Crippen LogP contribution in [0.1, 0.15) is 0 Å². The zero-order chi connectivity index (χ0) is 27.9. The summed E-state index contributed by atoms with van der Waals surface area (Å²) in [7, 11) is 0. The van der Waals surface area contributed by atoms with E-state index in [1.54, 1.807) is 0 Å². The normalized spacial score (nSPS) is 11.1. The zero-order valence-corrected chi connectivity index (χ0v) is 26.8. The van der Waals surface area contributed by atoms with Gasteiger partial charge in [-0.25, -0.2) is 0 Å². The Labute approximate surface area is 265 Å². The molecule has 0 nitrogen and oxygen atoms in total. The van der Waals surface area contributed by atoms with E-state index in [0.29, 0.717) is 0 Å². The summed E-state index contributed by atoms with van der Waals surface area (Å²) in [5, 5.41) is 7.60. The van der Waals surface area contributed by atoms with Crippen molar-refractivity contribution in [1.82, 2.24) is 0 Å². The third-order valence-corrected chi connectivity index (χ3v) is 8.39. The van der Waals surface area contributed by atoms with Gasteiger partial charge in [0.1, 0.15) is 0 Å². The molecule has 0 fully saturated rings. The summed E-state index contributed by atoms with van der Waals surface area (Å²) in [5.41, 5.74) is 9.90. The van der Waals surface area contributed by atoms with Crippen LogP contribution in [0, 0.1) is 6.07 Å². The van der Waals surface area contributed by atoms with Crippen molar-refractivity contribution in [3.05, 3.63) is 170 Å². The molecule has 43 heavy (non-hydrogen) atoms. The Morgan fingerprint density at radius 1 is 0.302 bits per heavy atom. The molecule has 0 saturated heterocycles. The first-order chi connectivity index (χ1) is 20.8. The molecular weight excluding hydrogens is 570 g/mol. The third-order valence-electron chi connectivity index (χ3n) is 8.39. The van der Waals surface area contributed by atoms with Gasteiger partial charge >= 0.3 is 0 Å². The summed E-state index contributed by atoms with van der Waals surface area (Å²) in [6.07, 6.45) is 0. The molecule has 0 amide bonds. The molecule has 8 rings (SSSR count). The maximum atomic E-state index is 3.14. The summed E-state index contributed by atoms with van der Waals surface area (Å²) >= 11 is 0. The van der Waals surface area contributed by atoms with Crippen LogP contribution in [0.4, 0.5) is 0 Å². The molecule has 1 heteroatoms. The Morgan fingerprint density at radius 2 is 0.767 bits per heavy atom. The van der Waals surface area contributed by atoms with Crippen molar-refractivity contribution in [1.29, 1.82) is 0 Å². The van der Waals surface area contributed by atoms with Crippen LogP contribution in [0.2, 0.25) is 0 Å². The number of hydrogen-bond acceptors (Lipinski definition) is 0. The van der Waals surface area contributed by atoms with Gasteiger partial charge in [0, 0.05) is 19.5 Å². The quantitative estimate of drug-likeness (QED) is 0.108. The van der Waals surface area contributed by atoms with Crippen LogP contribution >= 0.6 is 0 Å². The number of rotatable bonds is 4. The smallest absolute Gasteiger partial charge is 0 e. The van der Waals surface area contributed by atoms with Crippen LogP contribution in [0.3, 0.4) is 0 Å². The maximum Gasteiger partial charge on any atom is 0 e. The molecule has 0 aromatic heterocycles. The maximum absolute atomic E-state index is 3.14. The van der Waals surface area contributed by atoms with Crippen molar-refractivity contribution in [3.63, 3.8) is 0 Å². The van der Waals surface area contributed by atoms with Gasteiger partial charge in [-0.1, -0.05) is 127 Å². The Hall–Kier alpha value is -4.84. The fourth-order valence-electron chi connectivity index (χ4n) is 6.38. The molecule has 0 aliphatic rings. The first kappa shape index (κ1) is 27.0. The van der Waals surface area contributed by atoms with Crippen molar-refractivity contribution in [2.45, 2.75) is 0 Å². The Morgan fingerprint density at radius 3 is 1.42 bits per heavy atom. The van der Waals surface area contributed by atoms with E-state index in [9.17, 15) is 0 Å². The zero-order valence-electron chi connectivity index (χ0n) is 23.8. The summed E-state index contributed by atoms with van der Waals surface area (Å²) in [5.74, 6) is 0. The standard InChI is InChI=1S/C42H27.Zn/c1-2-11-29(12-3-1)34-15-10-16-36(28-34)42-39-19-8-6-17-37(39)41(38-18-7-9-20-40(38)42)32-24-21-31(22-25-32)35-26-23-30-13-4-5-14-33(30)27-35;/h2-28H;/q-1;. The van der Waals surface area contributed by atoms with Gasteiger partial charge in [-0.05, 0) is 83.4 Å². The molecule has 0 unspecified atom stereocenters. The van der Waals surface area contributed by atoms with Crippen molar-refractivity contribution in [2.75, 3.05) is 0 Å². The van der Waals surface area contributed by atoms with Crippen LogP contribution < -0.4 is 0 Å². The van der Waals surface area contributed by atoms with E-state index in [0.717, 1.165) is 0 Å². The molecule has 0 heterocycles. The van der Waals surface area contributed by atoms with E-state index in [-0.39, 0.29) is 19.5 Å². The topological polar surface area (TPSA) is 0 Å². The van der Waals surface area contributed by atoms with Crippen LogP contribution in [0.15, 0.2) is 164 Å². The fraction of sp³-hybridized carbons (Fsp3) is 0. The summed E-state index contributed by atoms with van der Waals surface area (Å²) in [6, 6.07) is 62.3. The minimum absolute atomic E-state index is 0. The minimum atomic E-state index is 0.